The van der Waals surface area contributed by atoms with Gasteiger partial charge in [0.05, 0.1) is 6.20 Å². The molecule has 26 heavy (non-hydrogen) atoms. The minimum atomic E-state index is -1.16. The Labute approximate surface area is 161 Å². The van der Waals surface area contributed by atoms with E-state index in [1.54, 1.807) is 15.3 Å². The van der Waals surface area contributed by atoms with E-state index >= 15 is 0 Å². The van der Waals surface area contributed by atoms with Crippen molar-refractivity contribution in [3.05, 3.63) is 22.0 Å². The first-order valence-corrected chi connectivity index (χ1v) is 13.6. The highest BCUT2D eigenvalue weighted by Crippen LogP contribution is 2.23. The first-order chi connectivity index (χ1) is 12.3. The lowest BCUT2D eigenvalue weighted by molar-refractivity contribution is 0.0868. The number of nitrogens with zero attached hydrogens (tertiary/aromatic N) is 4. The van der Waals surface area contributed by atoms with Crippen LogP contribution in [0.1, 0.15) is 45.6 Å². The SMILES string of the molecule is CCCC[C@H](CC)n1c(=O)n(COCC[Si](C)(C)C)c2cnc(Cl)nc21. The lowest BCUT2D eigenvalue weighted by atomic mass is 10.1. The van der Waals surface area contributed by atoms with Crippen LogP contribution < -0.4 is 5.69 Å². The van der Waals surface area contributed by atoms with Gasteiger partial charge in [-0.15, -0.1) is 0 Å². The van der Waals surface area contributed by atoms with Crippen LogP contribution in [-0.4, -0.2) is 33.8 Å². The molecular weight excluding hydrogens is 368 g/mol. The van der Waals surface area contributed by atoms with E-state index < -0.39 is 8.07 Å². The fourth-order valence-corrected chi connectivity index (χ4v) is 3.87. The molecule has 2 aromatic heterocycles. The van der Waals surface area contributed by atoms with Crippen LogP contribution in [-0.2, 0) is 11.5 Å². The van der Waals surface area contributed by atoms with Crippen LogP contribution >= 0.6 is 11.6 Å². The monoisotopic (exact) mass is 398 g/mol. The number of hydrogen-bond donors (Lipinski definition) is 0. The quantitative estimate of drug-likeness (QED) is 0.330. The van der Waals surface area contributed by atoms with Gasteiger partial charge in [-0.2, -0.15) is 4.98 Å². The van der Waals surface area contributed by atoms with Crippen molar-refractivity contribution in [2.45, 2.75) is 78.0 Å². The molecule has 1 atom stereocenters. The second-order valence-corrected chi connectivity index (χ2v) is 13.9. The molecule has 0 saturated heterocycles. The van der Waals surface area contributed by atoms with Gasteiger partial charge >= 0.3 is 5.69 Å². The normalized spacial score (nSPS) is 13.5. The zero-order chi connectivity index (χ0) is 19.3. The highest BCUT2D eigenvalue weighted by atomic mass is 35.5. The zero-order valence-electron chi connectivity index (χ0n) is 16.6. The largest absolute Gasteiger partial charge is 0.361 e. The summed E-state index contributed by atoms with van der Waals surface area (Å²) >= 11 is 6.01. The number of aromatic nitrogens is 4. The van der Waals surface area contributed by atoms with Gasteiger partial charge in [-0.05, 0) is 30.5 Å². The fraction of sp³-hybridized carbons (Fsp3) is 0.722. The summed E-state index contributed by atoms with van der Waals surface area (Å²) in [5.74, 6) is 0. The van der Waals surface area contributed by atoms with Crippen molar-refractivity contribution in [1.82, 2.24) is 19.1 Å². The van der Waals surface area contributed by atoms with Gasteiger partial charge < -0.3 is 4.74 Å². The van der Waals surface area contributed by atoms with Crippen molar-refractivity contribution in [3.63, 3.8) is 0 Å². The van der Waals surface area contributed by atoms with Crippen molar-refractivity contribution in [1.29, 1.82) is 0 Å². The summed E-state index contributed by atoms with van der Waals surface area (Å²) in [6, 6.07) is 1.18. The third-order valence-corrected chi connectivity index (χ3v) is 6.51. The van der Waals surface area contributed by atoms with E-state index in [-0.39, 0.29) is 23.7 Å². The van der Waals surface area contributed by atoms with Gasteiger partial charge in [0, 0.05) is 20.7 Å². The van der Waals surface area contributed by atoms with Gasteiger partial charge in [0.1, 0.15) is 12.2 Å². The summed E-state index contributed by atoms with van der Waals surface area (Å²) in [6.07, 6.45) is 5.61. The van der Waals surface area contributed by atoms with Crippen molar-refractivity contribution >= 4 is 30.8 Å². The van der Waals surface area contributed by atoms with Gasteiger partial charge in [0.2, 0.25) is 5.28 Å². The van der Waals surface area contributed by atoms with Crippen LogP contribution in [0.4, 0.5) is 0 Å². The molecule has 0 aliphatic rings. The summed E-state index contributed by atoms with van der Waals surface area (Å²) in [5.41, 5.74) is 1.20. The number of halogens is 1. The maximum Gasteiger partial charge on any atom is 0.332 e. The van der Waals surface area contributed by atoms with E-state index in [0.717, 1.165) is 31.7 Å². The molecule has 146 valence electrons. The molecule has 8 heteroatoms. The number of unbranched alkanes of at least 4 members (excludes halogenated alkanes) is 1. The van der Waals surface area contributed by atoms with E-state index in [0.29, 0.717) is 17.8 Å². The highest BCUT2D eigenvalue weighted by Gasteiger charge is 2.21. The summed E-state index contributed by atoms with van der Waals surface area (Å²) in [6.45, 7) is 12.1. The number of rotatable bonds is 10. The molecule has 0 N–H and O–H groups in total. The van der Waals surface area contributed by atoms with Crippen molar-refractivity contribution < 1.29 is 4.74 Å². The minimum absolute atomic E-state index is 0.0903. The molecule has 0 radical (unpaired) electrons. The second-order valence-electron chi connectivity index (χ2n) is 7.98. The molecule has 6 nitrogen and oxygen atoms in total. The van der Waals surface area contributed by atoms with E-state index in [9.17, 15) is 4.79 Å². The van der Waals surface area contributed by atoms with Crippen LogP contribution in [0.3, 0.4) is 0 Å². The summed E-state index contributed by atoms with van der Waals surface area (Å²) in [4.78, 5) is 21.5. The Morgan fingerprint density at radius 2 is 2.04 bits per heavy atom. The van der Waals surface area contributed by atoms with Gasteiger partial charge in [0.15, 0.2) is 5.65 Å². The van der Waals surface area contributed by atoms with Gasteiger partial charge in [-0.3, -0.25) is 9.13 Å². The fourth-order valence-electron chi connectivity index (χ4n) is 2.98. The first kappa shape index (κ1) is 21.1. The van der Waals surface area contributed by atoms with Crippen molar-refractivity contribution in [3.8, 4) is 0 Å². The molecule has 0 unspecified atom stereocenters. The Morgan fingerprint density at radius 3 is 2.65 bits per heavy atom. The maximum atomic E-state index is 13.1. The molecule has 2 aromatic rings. The maximum absolute atomic E-state index is 13.1. The number of imidazole rings is 1. The van der Waals surface area contributed by atoms with E-state index in [4.69, 9.17) is 16.3 Å². The third-order valence-electron chi connectivity index (χ3n) is 4.62. The number of hydrogen-bond acceptors (Lipinski definition) is 4. The molecule has 0 amide bonds. The lowest BCUT2D eigenvalue weighted by Crippen LogP contribution is -2.29. The van der Waals surface area contributed by atoms with Crippen molar-refractivity contribution in [2.24, 2.45) is 0 Å². The zero-order valence-corrected chi connectivity index (χ0v) is 18.3. The molecule has 0 aliphatic heterocycles. The van der Waals surface area contributed by atoms with Gasteiger partial charge in [-0.25, -0.2) is 9.78 Å². The number of ether oxygens (including phenoxy) is 1. The smallest absolute Gasteiger partial charge is 0.332 e. The molecule has 0 bridgehead atoms. The van der Waals surface area contributed by atoms with Crippen LogP contribution in [0.15, 0.2) is 11.0 Å². The average Bonchev–Trinajstić information content (AvgIpc) is 2.83. The summed E-state index contributed by atoms with van der Waals surface area (Å²) in [7, 11) is -1.16. The van der Waals surface area contributed by atoms with Crippen LogP contribution in [0, 0.1) is 0 Å². The summed E-state index contributed by atoms with van der Waals surface area (Å²) in [5, 5.41) is 0.161. The topological polar surface area (TPSA) is 61.9 Å². The molecule has 0 fully saturated rings. The predicted molar refractivity (Wildman–Crippen MR) is 110 cm³/mol. The van der Waals surface area contributed by atoms with Crippen LogP contribution in [0.25, 0.3) is 11.2 Å². The Balaban J connectivity index is 2.35. The Bertz CT molecular complexity index is 782. The Morgan fingerprint density at radius 1 is 1.31 bits per heavy atom. The standard InChI is InChI=1S/C18H31ClN4O2Si/c1-6-8-9-14(7-2)23-16-15(12-20-17(19)21-16)22(18(23)24)13-25-10-11-26(3,4)5/h12,14H,6-11,13H2,1-5H3/t14-/m0/s1. The molecule has 0 saturated carbocycles. The minimum Gasteiger partial charge on any atom is -0.361 e. The van der Waals surface area contributed by atoms with Crippen LogP contribution in [0.5, 0.6) is 0 Å². The molecule has 0 spiro atoms. The molecule has 2 rings (SSSR count). The van der Waals surface area contributed by atoms with E-state index in [1.807, 2.05) is 0 Å². The predicted octanol–water partition coefficient (Wildman–Crippen LogP) is 4.70. The first-order valence-electron chi connectivity index (χ1n) is 9.49. The Hall–Kier alpha value is -1.18. The molecular formula is C18H31ClN4O2Si. The number of fused-ring (bicyclic) bond motifs is 1. The average molecular weight is 399 g/mol. The Kier molecular flexibility index (Phi) is 7.43. The van der Waals surface area contributed by atoms with Crippen molar-refractivity contribution in [2.75, 3.05) is 6.61 Å². The third kappa shape index (κ3) is 5.17. The highest BCUT2D eigenvalue weighted by molar-refractivity contribution is 6.76. The second kappa shape index (κ2) is 9.15. The summed E-state index contributed by atoms with van der Waals surface area (Å²) < 4.78 is 9.23. The molecule has 2 heterocycles. The molecule has 0 aromatic carbocycles. The molecule has 0 aliphatic carbocycles. The van der Waals surface area contributed by atoms with E-state index in [1.165, 1.54) is 0 Å². The van der Waals surface area contributed by atoms with Gasteiger partial charge in [0.25, 0.3) is 0 Å². The van der Waals surface area contributed by atoms with E-state index in [2.05, 4.69) is 43.5 Å². The lowest BCUT2D eigenvalue weighted by Gasteiger charge is -2.16. The van der Waals surface area contributed by atoms with Gasteiger partial charge in [-0.1, -0.05) is 46.3 Å². The van der Waals surface area contributed by atoms with Crippen LogP contribution in [0.2, 0.25) is 31.0 Å².